The first kappa shape index (κ1) is 32.7. The lowest BCUT2D eigenvalue weighted by molar-refractivity contribution is -0.164. The van der Waals surface area contributed by atoms with Crippen molar-refractivity contribution in [3.05, 3.63) is 89.5 Å². The number of carbonyl (C=O) groups is 4. The number of hydrogen-bond donors (Lipinski definition) is 1. The number of cyclic esters (lactones) is 1. The third kappa shape index (κ3) is 5.57. The van der Waals surface area contributed by atoms with Crippen LogP contribution in [0.2, 0.25) is 0 Å². The number of fused-ring (bicyclic) bond motifs is 2. The van der Waals surface area contributed by atoms with Gasteiger partial charge in [0.1, 0.15) is 23.7 Å². The van der Waals surface area contributed by atoms with E-state index < -0.39 is 47.7 Å². The van der Waals surface area contributed by atoms with Crippen molar-refractivity contribution in [1.82, 2.24) is 9.80 Å². The molecule has 0 aliphatic carbocycles. The van der Waals surface area contributed by atoms with Gasteiger partial charge in [0.2, 0.25) is 11.8 Å². The Balaban J connectivity index is 1.47. The second-order valence-electron chi connectivity index (χ2n) is 13.0. The number of hydrogen-bond acceptors (Lipinski definition) is 7. The predicted octanol–water partition coefficient (Wildman–Crippen LogP) is 3.65. The van der Waals surface area contributed by atoms with Crippen molar-refractivity contribution in [2.75, 3.05) is 31.6 Å². The van der Waals surface area contributed by atoms with Crippen LogP contribution in [0.3, 0.4) is 0 Å². The standard InChI is InChI=1S/C37H43N3O7/c1-23-13-11-14-24(2)31(23)39-20-10-6-9-17-28(42)38(4)25(3)32(26-15-7-5-8-16-26)46-36(45)29-27-18-19-37(47-27)30(29)34(43)40(21-12-22-41)33(37)35(39)44/h5-8,10-11,13-16,18-19,25,27,29-30,32-33,41H,9,12,17,20-22H2,1-4H3/b10-6-/t25-,27+,29-,30-,32+,33+,37-/m1/s1. The van der Waals surface area contributed by atoms with E-state index in [0.717, 1.165) is 22.4 Å². The van der Waals surface area contributed by atoms with Gasteiger partial charge in [-0.15, -0.1) is 0 Å². The summed E-state index contributed by atoms with van der Waals surface area (Å²) in [6.45, 7) is 5.89. The summed E-state index contributed by atoms with van der Waals surface area (Å²) in [6, 6.07) is 13.5. The number of aryl methyl sites for hydroxylation is 2. The number of amides is 3. The Morgan fingerprint density at radius 1 is 0.957 bits per heavy atom. The molecule has 6 rings (SSSR count). The molecule has 47 heavy (non-hydrogen) atoms. The highest BCUT2D eigenvalue weighted by Crippen LogP contribution is 2.56. The fourth-order valence-electron chi connectivity index (χ4n) is 7.77. The zero-order valence-electron chi connectivity index (χ0n) is 27.4. The van der Waals surface area contributed by atoms with Crippen molar-refractivity contribution in [3.63, 3.8) is 0 Å². The van der Waals surface area contributed by atoms with Gasteiger partial charge in [-0.25, -0.2) is 0 Å². The summed E-state index contributed by atoms with van der Waals surface area (Å²) in [4.78, 5) is 61.7. The molecule has 248 valence electrons. The molecule has 2 aromatic carbocycles. The number of carbonyl (C=O) groups excluding carboxylic acids is 4. The van der Waals surface area contributed by atoms with Gasteiger partial charge in [0.15, 0.2) is 0 Å². The normalized spacial score (nSPS) is 31.8. The molecule has 4 aliphatic rings. The number of aliphatic hydroxyl groups excluding tert-OH is 1. The first-order chi connectivity index (χ1) is 22.6. The number of benzene rings is 2. The molecule has 2 aromatic rings. The van der Waals surface area contributed by atoms with Gasteiger partial charge < -0.3 is 29.3 Å². The number of likely N-dealkylation sites (N-methyl/N-ethyl adjacent to an activating group) is 1. The summed E-state index contributed by atoms with van der Waals surface area (Å²) in [7, 11) is 1.71. The van der Waals surface area contributed by atoms with E-state index in [1.807, 2.05) is 81.5 Å². The number of anilines is 1. The zero-order valence-corrected chi connectivity index (χ0v) is 27.4. The number of likely N-dealkylation sites (tertiary alicyclic amines) is 1. The molecule has 0 saturated carbocycles. The molecule has 7 atom stereocenters. The fourth-order valence-corrected chi connectivity index (χ4v) is 7.77. The van der Waals surface area contributed by atoms with Crippen LogP contribution in [0.15, 0.2) is 72.8 Å². The van der Waals surface area contributed by atoms with E-state index in [4.69, 9.17) is 9.47 Å². The molecule has 0 unspecified atom stereocenters. The van der Waals surface area contributed by atoms with E-state index in [2.05, 4.69) is 0 Å². The monoisotopic (exact) mass is 641 g/mol. The molecule has 0 aromatic heterocycles. The van der Waals surface area contributed by atoms with Crippen LogP contribution in [0.4, 0.5) is 5.69 Å². The Bertz CT molecular complexity index is 1590. The Hall–Kier alpha value is -4.28. The number of aliphatic hydroxyl groups is 1. The maximum atomic E-state index is 14.9. The highest BCUT2D eigenvalue weighted by molar-refractivity contribution is 6.06. The van der Waals surface area contributed by atoms with Crippen LogP contribution >= 0.6 is 0 Å². The van der Waals surface area contributed by atoms with Gasteiger partial charge in [-0.2, -0.15) is 0 Å². The smallest absolute Gasteiger partial charge is 0.313 e. The van der Waals surface area contributed by atoms with Crippen LogP contribution in [0.25, 0.3) is 0 Å². The minimum atomic E-state index is -1.38. The third-order valence-electron chi connectivity index (χ3n) is 10.2. The van der Waals surface area contributed by atoms with Crippen LogP contribution in [0, 0.1) is 25.7 Å². The number of ether oxygens (including phenoxy) is 2. The molecule has 0 radical (unpaired) electrons. The number of para-hydroxylation sites is 1. The average Bonchev–Trinajstić information content (AvgIpc) is 3.71. The minimum Gasteiger partial charge on any atom is -0.455 e. The minimum absolute atomic E-state index is 0.106. The SMILES string of the molecule is Cc1cccc(C)c1N1C/C=C\CCC(=O)N(C)[C@H](C)[C@@H](c2ccccc2)OC(=O)[C@@H]2[C@@H]3C=C[C@]4(O3)[C@H](C1=O)N(CCCO)C(=O)[C@@H]24. The van der Waals surface area contributed by atoms with Gasteiger partial charge in [0.25, 0.3) is 5.91 Å². The van der Waals surface area contributed by atoms with E-state index >= 15 is 0 Å². The summed E-state index contributed by atoms with van der Waals surface area (Å²) >= 11 is 0. The van der Waals surface area contributed by atoms with E-state index in [1.54, 1.807) is 29.0 Å². The van der Waals surface area contributed by atoms with Crippen molar-refractivity contribution in [2.24, 2.45) is 11.8 Å². The molecule has 5 bridgehead atoms. The van der Waals surface area contributed by atoms with Crippen molar-refractivity contribution in [1.29, 1.82) is 0 Å². The Morgan fingerprint density at radius 3 is 2.38 bits per heavy atom. The number of nitrogens with zero attached hydrogens (tertiary/aromatic N) is 3. The van der Waals surface area contributed by atoms with E-state index in [9.17, 15) is 24.3 Å². The Kier molecular flexibility index (Phi) is 9.09. The average molecular weight is 642 g/mol. The topological polar surface area (TPSA) is 117 Å². The lowest BCUT2D eigenvalue weighted by Gasteiger charge is -2.36. The number of esters is 1. The van der Waals surface area contributed by atoms with Gasteiger partial charge in [0, 0.05) is 38.9 Å². The van der Waals surface area contributed by atoms with Crippen molar-refractivity contribution in [3.8, 4) is 0 Å². The Morgan fingerprint density at radius 2 is 1.68 bits per heavy atom. The summed E-state index contributed by atoms with van der Waals surface area (Å²) in [5.41, 5.74) is 1.86. The maximum absolute atomic E-state index is 14.9. The van der Waals surface area contributed by atoms with Gasteiger partial charge in [-0.05, 0) is 50.3 Å². The number of rotatable bonds is 5. The lowest BCUT2D eigenvalue weighted by Crippen LogP contribution is -2.56. The van der Waals surface area contributed by atoms with E-state index in [0.29, 0.717) is 6.42 Å². The second kappa shape index (κ2) is 13.1. The summed E-state index contributed by atoms with van der Waals surface area (Å²) in [5.74, 6) is -3.42. The first-order valence-electron chi connectivity index (χ1n) is 16.4. The van der Waals surface area contributed by atoms with Crippen molar-refractivity contribution in [2.45, 2.75) is 69.9 Å². The molecule has 3 amide bonds. The molecule has 1 spiro atoms. The molecule has 4 aliphatic heterocycles. The molecular weight excluding hydrogens is 598 g/mol. The van der Waals surface area contributed by atoms with Gasteiger partial charge >= 0.3 is 5.97 Å². The van der Waals surface area contributed by atoms with E-state index in [1.165, 1.54) is 4.90 Å². The van der Waals surface area contributed by atoms with Gasteiger partial charge in [-0.1, -0.05) is 72.8 Å². The summed E-state index contributed by atoms with van der Waals surface area (Å²) < 4.78 is 12.8. The van der Waals surface area contributed by atoms with Crippen LogP contribution in [0.5, 0.6) is 0 Å². The van der Waals surface area contributed by atoms with Crippen LogP contribution in [0.1, 0.15) is 49.0 Å². The van der Waals surface area contributed by atoms with E-state index in [-0.39, 0.29) is 50.3 Å². The predicted molar refractivity (Wildman–Crippen MR) is 175 cm³/mol. The third-order valence-corrected chi connectivity index (χ3v) is 10.2. The molecular formula is C37H43N3O7. The molecule has 1 N–H and O–H groups in total. The van der Waals surface area contributed by atoms with Crippen molar-refractivity contribution < 1.29 is 33.8 Å². The molecule has 2 fully saturated rings. The largest absolute Gasteiger partial charge is 0.455 e. The van der Waals surface area contributed by atoms with Crippen molar-refractivity contribution >= 4 is 29.4 Å². The first-order valence-corrected chi connectivity index (χ1v) is 16.4. The lowest BCUT2D eigenvalue weighted by atomic mass is 9.74. The molecule has 10 heteroatoms. The van der Waals surface area contributed by atoms with Gasteiger partial charge in [0.05, 0.1) is 18.1 Å². The molecule has 4 heterocycles. The quantitative estimate of drug-likeness (QED) is 0.392. The van der Waals surface area contributed by atoms with Crippen LogP contribution in [-0.2, 0) is 28.7 Å². The van der Waals surface area contributed by atoms with Crippen LogP contribution in [-0.4, -0.2) is 89.1 Å². The highest BCUT2D eigenvalue weighted by Gasteiger charge is 2.73. The summed E-state index contributed by atoms with van der Waals surface area (Å²) in [5, 5.41) is 9.75. The zero-order chi connectivity index (χ0) is 33.5. The highest BCUT2D eigenvalue weighted by atomic mass is 16.6. The molecule has 10 nitrogen and oxygen atoms in total. The Labute approximate surface area is 275 Å². The van der Waals surface area contributed by atoms with Crippen LogP contribution < -0.4 is 4.90 Å². The maximum Gasteiger partial charge on any atom is 0.313 e. The second-order valence-corrected chi connectivity index (χ2v) is 13.0. The number of allylic oxidation sites excluding steroid dienone is 1. The fraction of sp³-hybridized carbons (Fsp3) is 0.459. The molecule has 2 saturated heterocycles. The van der Waals surface area contributed by atoms with Gasteiger partial charge in [-0.3, -0.25) is 19.2 Å². The summed E-state index contributed by atoms with van der Waals surface area (Å²) in [6.07, 6.45) is 6.71.